The van der Waals surface area contributed by atoms with E-state index in [0.717, 1.165) is 12.0 Å². The van der Waals surface area contributed by atoms with Gasteiger partial charge in [0.1, 0.15) is 5.75 Å². The number of hydrogen-bond donors (Lipinski definition) is 1. The second-order valence-corrected chi connectivity index (χ2v) is 5.53. The first-order valence-corrected chi connectivity index (χ1v) is 7.94. The molecule has 2 aromatic carbocycles. The number of anilines is 1. The number of halogens is 3. The molecular formula is C19H16F3N3O. The Morgan fingerprint density at radius 2 is 1.62 bits per heavy atom. The van der Waals surface area contributed by atoms with Crippen LogP contribution in [0.25, 0.3) is 11.1 Å². The number of ether oxygens (including phenoxy) is 1. The highest BCUT2D eigenvalue weighted by Crippen LogP contribution is 2.24. The Bertz CT molecular complexity index is 837. The number of benzene rings is 2. The Kier molecular flexibility index (Phi) is 5.36. The van der Waals surface area contributed by atoms with Crippen molar-refractivity contribution in [2.75, 3.05) is 11.9 Å². The van der Waals surface area contributed by atoms with Crippen molar-refractivity contribution in [3.05, 3.63) is 72.6 Å². The van der Waals surface area contributed by atoms with Crippen LogP contribution < -0.4 is 10.1 Å². The molecule has 0 amide bonds. The van der Waals surface area contributed by atoms with E-state index in [1.807, 2.05) is 48.5 Å². The van der Waals surface area contributed by atoms with Crippen molar-refractivity contribution >= 4 is 5.95 Å². The molecule has 0 saturated carbocycles. The Labute approximate surface area is 148 Å². The van der Waals surface area contributed by atoms with E-state index in [9.17, 15) is 13.2 Å². The maximum Gasteiger partial charge on any atom is 0.484 e. The summed E-state index contributed by atoms with van der Waals surface area (Å²) < 4.78 is 42.5. The van der Waals surface area contributed by atoms with Gasteiger partial charge in [0.15, 0.2) is 0 Å². The summed E-state index contributed by atoms with van der Waals surface area (Å²) in [5.41, 5.74) is 2.55. The molecule has 0 radical (unpaired) electrons. The predicted octanol–water partition coefficient (Wildman–Crippen LogP) is 4.70. The number of alkyl halides is 3. The van der Waals surface area contributed by atoms with Crippen LogP contribution in [0.3, 0.4) is 0 Å². The molecule has 26 heavy (non-hydrogen) atoms. The summed E-state index contributed by atoms with van der Waals surface area (Å²) in [6.07, 6.45) is -1.10. The minimum Gasteiger partial charge on any atom is -0.493 e. The van der Waals surface area contributed by atoms with Gasteiger partial charge in [-0.25, -0.2) is 9.97 Å². The molecular weight excluding hydrogens is 343 g/mol. The van der Waals surface area contributed by atoms with E-state index in [0.29, 0.717) is 17.9 Å². The van der Waals surface area contributed by atoms with Gasteiger partial charge in [-0.1, -0.05) is 42.5 Å². The standard InChI is InChI=1S/C19H16F3N3O/c20-19(21,22)25-18-23-12-16(13-24-18)15-7-4-8-17(11-15)26-10-9-14-5-2-1-3-6-14/h1-8,11-13H,9-10H2,(H,23,24,25). The molecule has 0 aliphatic rings. The van der Waals surface area contributed by atoms with Crippen molar-refractivity contribution in [2.24, 2.45) is 0 Å². The highest BCUT2D eigenvalue weighted by molar-refractivity contribution is 5.63. The summed E-state index contributed by atoms with van der Waals surface area (Å²) in [7, 11) is 0. The summed E-state index contributed by atoms with van der Waals surface area (Å²) >= 11 is 0. The third-order valence-corrected chi connectivity index (χ3v) is 3.58. The second-order valence-electron chi connectivity index (χ2n) is 5.53. The van der Waals surface area contributed by atoms with E-state index < -0.39 is 12.2 Å². The van der Waals surface area contributed by atoms with Gasteiger partial charge in [-0.05, 0) is 23.3 Å². The van der Waals surface area contributed by atoms with Crippen LogP contribution in [0.1, 0.15) is 5.56 Å². The van der Waals surface area contributed by atoms with Gasteiger partial charge in [0.25, 0.3) is 0 Å². The molecule has 134 valence electrons. The Morgan fingerprint density at radius 3 is 2.31 bits per heavy atom. The average Bonchev–Trinajstić information content (AvgIpc) is 2.62. The zero-order valence-corrected chi connectivity index (χ0v) is 13.7. The number of nitrogens with one attached hydrogen (secondary N) is 1. The van der Waals surface area contributed by atoms with Crippen molar-refractivity contribution in [3.63, 3.8) is 0 Å². The summed E-state index contributed by atoms with van der Waals surface area (Å²) in [6.45, 7) is 0.526. The molecule has 0 aliphatic heterocycles. The molecule has 7 heteroatoms. The summed E-state index contributed by atoms with van der Waals surface area (Å²) in [5, 5.41) is 1.27. The quantitative estimate of drug-likeness (QED) is 0.648. The minimum absolute atomic E-state index is 0.489. The molecule has 1 heterocycles. The zero-order valence-electron chi connectivity index (χ0n) is 13.7. The summed E-state index contributed by atoms with van der Waals surface area (Å²) in [6, 6.07) is 17.3. The molecule has 0 saturated heterocycles. The Balaban J connectivity index is 1.63. The lowest BCUT2D eigenvalue weighted by atomic mass is 10.1. The van der Waals surface area contributed by atoms with Crippen molar-refractivity contribution in [3.8, 4) is 16.9 Å². The van der Waals surface area contributed by atoms with Crippen LogP contribution in [-0.2, 0) is 6.42 Å². The highest BCUT2D eigenvalue weighted by atomic mass is 19.4. The first kappa shape index (κ1) is 17.7. The van der Waals surface area contributed by atoms with E-state index in [1.54, 1.807) is 6.07 Å². The molecule has 0 unspecified atom stereocenters. The van der Waals surface area contributed by atoms with Crippen molar-refractivity contribution in [2.45, 2.75) is 12.7 Å². The van der Waals surface area contributed by atoms with Gasteiger partial charge >= 0.3 is 6.30 Å². The third kappa shape index (κ3) is 5.20. The van der Waals surface area contributed by atoms with Gasteiger partial charge < -0.3 is 4.74 Å². The molecule has 0 atom stereocenters. The lowest BCUT2D eigenvalue weighted by Crippen LogP contribution is -2.22. The third-order valence-electron chi connectivity index (χ3n) is 3.58. The molecule has 0 aliphatic carbocycles. The van der Waals surface area contributed by atoms with Crippen LogP contribution >= 0.6 is 0 Å². The molecule has 1 N–H and O–H groups in total. The molecule has 4 nitrogen and oxygen atoms in total. The van der Waals surface area contributed by atoms with Gasteiger partial charge in [0.05, 0.1) is 6.61 Å². The first-order valence-electron chi connectivity index (χ1n) is 7.94. The van der Waals surface area contributed by atoms with Crippen molar-refractivity contribution in [1.82, 2.24) is 9.97 Å². The van der Waals surface area contributed by atoms with Crippen LogP contribution in [0.5, 0.6) is 5.75 Å². The van der Waals surface area contributed by atoms with Gasteiger partial charge in [0.2, 0.25) is 5.95 Å². The number of hydrogen-bond acceptors (Lipinski definition) is 4. The largest absolute Gasteiger partial charge is 0.493 e. The van der Waals surface area contributed by atoms with Gasteiger partial charge in [0, 0.05) is 24.4 Å². The number of aromatic nitrogens is 2. The molecule has 3 rings (SSSR count). The lowest BCUT2D eigenvalue weighted by Gasteiger charge is -2.10. The fraction of sp³-hybridized carbons (Fsp3) is 0.158. The van der Waals surface area contributed by atoms with Crippen LogP contribution in [-0.4, -0.2) is 22.9 Å². The van der Waals surface area contributed by atoms with Gasteiger partial charge in [-0.15, -0.1) is 0 Å². The predicted molar refractivity (Wildman–Crippen MR) is 92.8 cm³/mol. The van der Waals surface area contributed by atoms with E-state index in [-0.39, 0.29) is 0 Å². The zero-order chi connectivity index (χ0) is 18.4. The highest BCUT2D eigenvalue weighted by Gasteiger charge is 2.28. The molecule has 0 spiro atoms. The van der Waals surface area contributed by atoms with Gasteiger partial charge in [-0.2, -0.15) is 13.2 Å². The maximum atomic E-state index is 12.3. The van der Waals surface area contributed by atoms with E-state index in [4.69, 9.17) is 4.74 Å². The monoisotopic (exact) mass is 359 g/mol. The average molecular weight is 359 g/mol. The molecule has 3 aromatic rings. The normalized spacial score (nSPS) is 11.2. The molecule has 0 fully saturated rings. The first-order chi connectivity index (χ1) is 12.5. The fourth-order valence-electron chi connectivity index (χ4n) is 2.37. The summed E-state index contributed by atoms with van der Waals surface area (Å²) in [4.78, 5) is 7.38. The van der Waals surface area contributed by atoms with E-state index >= 15 is 0 Å². The van der Waals surface area contributed by atoms with Crippen molar-refractivity contribution in [1.29, 1.82) is 0 Å². The van der Waals surface area contributed by atoms with Crippen LogP contribution in [0.15, 0.2) is 67.0 Å². The van der Waals surface area contributed by atoms with Gasteiger partial charge in [-0.3, -0.25) is 5.32 Å². The molecule has 0 bridgehead atoms. The Hall–Kier alpha value is -3.09. The SMILES string of the molecule is FC(F)(F)Nc1ncc(-c2cccc(OCCc3ccccc3)c2)cn1. The Morgan fingerprint density at radius 1 is 0.885 bits per heavy atom. The van der Waals surface area contributed by atoms with Crippen LogP contribution in [0, 0.1) is 0 Å². The number of nitrogens with zero attached hydrogens (tertiary/aromatic N) is 2. The van der Waals surface area contributed by atoms with Crippen LogP contribution in [0.2, 0.25) is 0 Å². The fourth-order valence-corrected chi connectivity index (χ4v) is 2.37. The van der Waals surface area contributed by atoms with Crippen molar-refractivity contribution < 1.29 is 17.9 Å². The molecule has 1 aromatic heterocycles. The van der Waals surface area contributed by atoms with E-state index in [2.05, 4.69) is 9.97 Å². The maximum absolute atomic E-state index is 12.3. The lowest BCUT2D eigenvalue weighted by molar-refractivity contribution is -0.101. The minimum atomic E-state index is -4.56. The second kappa shape index (κ2) is 7.86. The van der Waals surface area contributed by atoms with E-state index in [1.165, 1.54) is 23.3 Å². The number of rotatable bonds is 6. The van der Waals surface area contributed by atoms with Crippen LogP contribution in [0.4, 0.5) is 19.1 Å². The smallest absolute Gasteiger partial charge is 0.484 e. The topological polar surface area (TPSA) is 47.0 Å². The summed E-state index contributed by atoms with van der Waals surface area (Å²) in [5.74, 6) is 0.187.